The van der Waals surface area contributed by atoms with Gasteiger partial charge in [0, 0.05) is 12.1 Å². The van der Waals surface area contributed by atoms with E-state index in [4.69, 9.17) is 27.9 Å². The van der Waals surface area contributed by atoms with Crippen LogP contribution in [0.1, 0.15) is 34.8 Å². The smallest absolute Gasteiger partial charge is 0.251 e. The third kappa shape index (κ3) is 4.50. The fourth-order valence-electron chi connectivity index (χ4n) is 3.27. The highest BCUT2D eigenvalue weighted by molar-refractivity contribution is 6.42. The molecule has 0 saturated carbocycles. The highest BCUT2D eigenvalue weighted by Gasteiger charge is 2.24. The molecule has 1 amide bonds. The lowest BCUT2D eigenvalue weighted by molar-refractivity contribution is 0.0938. The van der Waals surface area contributed by atoms with E-state index in [-0.39, 0.29) is 11.9 Å². The second-order valence-electron chi connectivity index (χ2n) is 6.37. The van der Waals surface area contributed by atoms with Crippen LogP contribution in [-0.4, -0.2) is 37.6 Å². The van der Waals surface area contributed by atoms with Crippen molar-refractivity contribution in [3.63, 3.8) is 0 Å². The summed E-state index contributed by atoms with van der Waals surface area (Å²) in [6.07, 6.45) is 2.38. The summed E-state index contributed by atoms with van der Waals surface area (Å²) in [5.74, 6) is 0.676. The van der Waals surface area contributed by atoms with Crippen LogP contribution < -0.4 is 10.1 Å². The molecule has 1 unspecified atom stereocenters. The lowest BCUT2D eigenvalue weighted by atomic mass is 10.0. The number of nitrogens with one attached hydrogen (secondary N) is 1. The first kappa shape index (κ1) is 19.0. The number of ether oxygens (including phenoxy) is 1. The summed E-state index contributed by atoms with van der Waals surface area (Å²) in [4.78, 5) is 14.9. The zero-order valence-electron chi connectivity index (χ0n) is 14.7. The molecule has 26 heavy (non-hydrogen) atoms. The van der Waals surface area contributed by atoms with Gasteiger partial charge in [0.1, 0.15) is 5.75 Å². The summed E-state index contributed by atoms with van der Waals surface area (Å²) in [7, 11) is 1.66. The van der Waals surface area contributed by atoms with E-state index in [2.05, 4.69) is 22.3 Å². The average Bonchev–Trinajstić information content (AvgIpc) is 3.19. The molecule has 0 radical (unpaired) electrons. The first-order chi connectivity index (χ1) is 12.6. The van der Waals surface area contributed by atoms with Crippen molar-refractivity contribution in [1.82, 2.24) is 10.2 Å². The Morgan fingerprint density at radius 3 is 2.42 bits per heavy atom. The number of hydrogen-bond acceptors (Lipinski definition) is 3. The van der Waals surface area contributed by atoms with Crippen molar-refractivity contribution in [1.29, 1.82) is 0 Å². The average molecular weight is 393 g/mol. The number of rotatable bonds is 6. The zero-order valence-corrected chi connectivity index (χ0v) is 16.2. The number of methoxy groups -OCH3 is 1. The van der Waals surface area contributed by atoms with Gasteiger partial charge in [0.2, 0.25) is 0 Å². The zero-order chi connectivity index (χ0) is 18.5. The van der Waals surface area contributed by atoms with Crippen molar-refractivity contribution in [3.8, 4) is 5.75 Å². The predicted molar refractivity (Wildman–Crippen MR) is 105 cm³/mol. The van der Waals surface area contributed by atoms with Crippen LogP contribution in [0.2, 0.25) is 10.0 Å². The van der Waals surface area contributed by atoms with Crippen LogP contribution in [0.15, 0.2) is 42.5 Å². The monoisotopic (exact) mass is 392 g/mol. The SMILES string of the molecule is COc1ccc(C(CNC(=O)c2ccc(Cl)c(Cl)c2)N2CCCC2)cc1. The molecule has 0 aromatic heterocycles. The molecule has 1 fully saturated rings. The molecule has 0 bridgehead atoms. The van der Waals surface area contributed by atoms with Crippen LogP contribution in [-0.2, 0) is 0 Å². The maximum Gasteiger partial charge on any atom is 0.251 e. The Bertz CT molecular complexity index is 759. The topological polar surface area (TPSA) is 41.6 Å². The van der Waals surface area contributed by atoms with Gasteiger partial charge in [-0.05, 0) is 61.8 Å². The second-order valence-corrected chi connectivity index (χ2v) is 7.19. The van der Waals surface area contributed by atoms with Gasteiger partial charge in [-0.2, -0.15) is 0 Å². The Morgan fingerprint density at radius 2 is 1.81 bits per heavy atom. The molecule has 0 spiro atoms. The highest BCUT2D eigenvalue weighted by Crippen LogP contribution is 2.27. The third-order valence-electron chi connectivity index (χ3n) is 4.72. The lowest BCUT2D eigenvalue weighted by Gasteiger charge is -2.28. The minimum Gasteiger partial charge on any atom is -0.497 e. The van der Waals surface area contributed by atoms with Gasteiger partial charge < -0.3 is 10.1 Å². The van der Waals surface area contributed by atoms with Gasteiger partial charge in [-0.15, -0.1) is 0 Å². The molecule has 6 heteroatoms. The molecule has 1 aliphatic heterocycles. The molecular weight excluding hydrogens is 371 g/mol. The highest BCUT2D eigenvalue weighted by atomic mass is 35.5. The van der Waals surface area contributed by atoms with Gasteiger partial charge in [-0.1, -0.05) is 35.3 Å². The summed E-state index contributed by atoms with van der Waals surface area (Å²) in [5.41, 5.74) is 1.68. The maximum absolute atomic E-state index is 12.5. The number of hydrogen-bond donors (Lipinski definition) is 1. The first-order valence-electron chi connectivity index (χ1n) is 8.69. The van der Waals surface area contributed by atoms with Gasteiger partial charge in [0.25, 0.3) is 5.91 Å². The molecule has 3 rings (SSSR count). The molecule has 2 aromatic carbocycles. The third-order valence-corrected chi connectivity index (χ3v) is 5.46. The molecular formula is C20H22Cl2N2O2. The van der Waals surface area contributed by atoms with E-state index in [1.165, 1.54) is 18.4 Å². The van der Waals surface area contributed by atoms with E-state index in [0.717, 1.165) is 18.8 Å². The Labute approximate surface area is 164 Å². The van der Waals surface area contributed by atoms with Crippen LogP contribution in [0.5, 0.6) is 5.75 Å². The van der Waals surface area contributed by atoms with E-state index in [1.54, 1.807) is 25.3 Å². The molecule has 1 saturated heterocycles. The molecule has 1 heterocycles. The second kappa shape index (κ2) is 8.76. The Hall–Kier alpha value is -1.75. The van der Waals surface area contributed by atoms with Crippen LogP contribution >= 0.6 is 23.2 Å². The quantitative estimate of drug-likeness (QED) is 0.782. The van der Waals surface area contributed by atoms with E-state index < -0.39 is 0 Å². The van der Waals surface area contributed by atoms with E-state index >= 15 is 0 Å². The minimum atomic E-state index is -0.152. The van der Waals surface area contributed by atoms with Crippen LogP contribution in [0.3, 0.4) is 0 Å². The van der Waals surface area contributed by atoms with E-state index in [9.17, 15) is 4.79 Å². The van der Waals surface area contributed by atoms with E-state index in [0.29, 0.717) is 22.2 Å². The van der Waals surface area contributed by atoms with Gasteiger partial charge in [0.15, 0.2) is 0 Å². The Balaban J connectivity index is 1.72. The summed E-state index contributed by atoms with van der Waals surface area (Å²) in [6.45, 7) is 2.62. The molecule has 1 atom stereocenters. The maximum atomic E-state index is 12.5. The van der Waals surface area contributed by atoms with Crippen molar-refractivity contribution >= 4 is 29.1 Å². The summed E-state index contributed by atoms with van der Waals surface area (Å²) in [5, 5.41) is 3.86. The fraction of sp³-hybridized carbons (Fsp3) is 0.350. The molecule has 1 N–H and O–H groups in total. The largest absolute Gasteiger partial charge is 0.497 e. The van der Waals surface area contributed by atoms with Gasteiger partial charge in [-0.3, -0.25) is 9.69 Å². The predicted octanol–water partition coefficient (Wildman–Crippen LogP) is 4.57. The number of likely N-dealkylation sites (tertiary alicyclic amines) is 1. The van der Waals surface area contributed by atoms with Crippen molar-refractivity contribution in [2.75, 3.05) is 26.7 Å². The van der Waals surface area contributed by atoms with Crippen LogP contribution in [0.4, 0.5) is 0 Å². The number of halogens is 2. The lowest BCUT2D eigenvalue weighted by Crippen LogP contribution is -2.36. The number of nitrogens with zero attached hydrogens (tertiary/aromatic N) is 1. The number of carbonyl (C=O) groups excluding carboxylic acids is 1. The number of carbonyl (C=O) groups is 1. The summed E-state index contributed by atoms with van der Waals surface area (Å²) >= 11 is 11.9. The Kier molecular flexibility index (Phi) is 6.41. The van der Waals surface area contributed by atoms with Crippen molar-refractivity contribution in [3.05, 3.63) is 63.6 Å². The summed E-state index contributed by atoms with van der Waals surface area (Å²) < 4.78 is 5.24. The summed E-state index contributed by atoms with van der Waals surface area (Å²) in [6, 6.07) is 13.1. The standard InChI is InChI=1S/C20H22Cl2N2O2/c1-26-16-7-4-14(5-8-16)19(24-10-2-3-11-24)13-23-20(25)15-6-9-17(21)18(22)12-15/h4-9,12,19H,2-3,10-11,13H2,1H3,(H,23,25). The minimum absolute atomic E-state index is 0.134. The van der Waals surface area contributed by atoms with E-state index in [1.807, 2.05) is 12.1 Å². The molecule has 0 aliphatic carbocycles. The van der Waals surface area contributed by atoms with Gasteiger partial charge in [0.05, 0.1) is 23.2 Å². The molecule has 2 aromatic rings. The fourth-order valence-corrected chi connectivity index (χ4v) is 3.56. The molecule has 138 valence electrons. The molecule has 1 aliphatic rings. The number of benzene rings is 2. The van der Waals surface area contributed by atoms with Crippen molar-refractivity contribution < 1.29 is 9.53 Å². The first-order valence-corrected chi connectivity index (χ1v) is 9.45. The Morgan fingerprint density at radius 1 is 1.12 bits per heavy atom. The van der Waals surface area contributed by atoms with Crippen LogP contribution in [0.25, 0.3) is 0 Å². The van der Waals surface area contributed by atoms with Crippen molar-refractivity contribution in [2.45, 2.75) is 18.9 Å². The van der Waals surface area contributed by atoms with Gasteiger partial charge in [-0.25, -0.2) is 0 Å². The van der Waals surface area contributed by atoms with Crippen LogP contribution in [0, 0.1) is 0 Å². The number of amides is 1. The van der Waals surface area contributed by atoms with Gasteiger partial charge >= 0.3 is 0 Å². The van der Waals surface area contributed by atoms with Crippen molar-refractivity contribution in [2.24, 2.45) is 0 Å². The molecule has 4 nitrogen and oxygen atoms in total. The normalized spacial score (nSPS) is 15.7.